The molecule has 1 unspecified atom stereocenters. The Labute approximate surface area is 59.6 Å². The highest BCUT2D eigenvalue weighted by molar-refractivity contribution is 5.24. The molecule has 0 radical (unpaired) electrons. The lowest BCUT2D eigenvalue weighted by Gasteiger charge is -2.09. The molecule has 0 bridgehead atoms. The van der Waals surface area contributed by atoms with Gasteiger partial charge in [0.1, 0.15) is 12.5 Å². The molecule has 0 aliphatic heterocycles. The molecule has 0 aliphatic carbocycles. The molecule has 1 heterocycles. The van der Waals surface area contributed by atoms with Crippen LogP contribution in [0, 0.1) is 0 Å². The first-order valence-electron chi connectivity index (χ1n) is 3.03. The van der Waals surface area contributed by atoms with E-state index >= 15 is 0 Å². The molecule has 4 nitrogen and oxygen atoms in total. The fraction of sp³-hybridized carbons (Fsp3) is 0.333. The minimum atomic E-state index is 0.0224. The normalized spacial score (nSPS) is 12.5. The van der Waals surface area contributed by atoms with Gasteiger partial charge in [0.2, 0.25) is 0 Å². The van der Waals surface area contributed by atoms with Gasteiger partial charge in [0.05, 0.1) is 0 Å². The zero-order chi connectivity index (χ0) is 7.40. The maximum absolute atomic E-state index is 3.85. The molecule has 1 atom stereocenters. The number of nitrogens with zero attached hydrogens (tertiary/aromatic N) is 3. The molecule has 0 amide bonds. The number of nitrogens with one attached hydrogen (secondary N) is 1. The molecule has 0 aliphatic rings. The highest BCUT2D eigenvalue weighted by atomic mass is 15.4. The summed E-state index contributed by atoms with van der Waals surface area (Å²) in [6.07, 6.45) is 5.20. The maximum atomic E-state index is 3.85. The first-order valence-corrected chi connectivity index (χ1v) is 3.03. The largest absolute Gasteiger partial charge is 0.301 e. The van der Waals surface area contributed by atoms with Gasteiger partial charge in [0.25, 0.3) is 0 Å². The summed E-state index contributed by atoms with van der Waals surface area (Å²) in [5, 5.41) is 0. The van der Waals surface area contributed by atoms with Crippen molar-refractivity contribution in [2.24, 2.45) is 4.99 Å². The van der Waals surface area contributed by atoms with Gasteiger partial charge in [0.15, 0.2) is 0 Å². The van der Waals surface area contributed by atoms with Crippen molar-refractivity contribution in [3.05, 3.63) is 18.7 Å². The number of hydrogen-bond donors (Lipinski definition) is 1. The predicted molar refractivity (Wildman–Crippen MR) is 40.6 cm³/mol. The fourth-order valence-corrected chi connectivity index (χ4v) is 0.592. The fourth-order valence-electron chi connectivity index (χ4n) is 0.592. The van der Waals surface area contributed by atoms with Crippen LogP contribution >= 0.6 is 0 Å². The van der Waals surface area contributed by atoms with Gasteiger partial charge in [-0.05, 0) is 13.6 Å². The van der Waals surface area contributed by atoms with Crippen molar-refractivity contribution >= 4 is 6.72 Å². The molecule has 0 saturated heterocycles. The summed E-state index contributed by atoms with van der Waals surface area (Å²) in [7, 11) is 0. The van der Waals surface area contributed by atoms with Crippen LogP contribution in [-0.4, -0.2) is 22.5 Å². The second kappa shape index (κ2) is 3.00. The molecule has 54 valence electrons. The third-order valence-corrected chi connectivity index (χ3v) is 1.11. The van der Waals surface area contributed by atoms with Crippen molar-refractivity contribution in [3.63, 3.8) is 0 Å². The number of imidazole rings is 1. The Bertz CT molecular complexity index is 192. The van der Waals surface area contributed by atoms with Crippen LogP contribution in [0.3, 0.4) is 0 Å². The topological polar surface area (TPSA) is 42.2 Å². The Balaban J connectivity index is 2.47. The number of aliphatic imine (C=N–C) groups is 1. The third-order valence-electron chi connectivity index (χ3n) is 1.11. The van der Waals surface area contributed by atoms with Crippen LogP contribution in [0.15, 0.2) is 23.7 Å². The molecule has 10 heavy (non-hydrogen) atoms. The lowest BCUT2D eigenvalue weighted by molar-refractivity contribution is 0.716. The van der Waals surface area contributed by atoms with Gasteiger partial charge in [0, 0.05) is 12.4 Å². The highest BCUT2D eigenvalue weighted by Gasteiger charge is 1.92. The van der Waals surface area contributed by atoms with E-state index in [1.807, 2.05) is 13.1 Å². The molecular weight excluding hydrogens is 128 g/mol. The van der Waals surface area contributed by atoms with E-state index in [4.69, 9.17) is 0 Å². The van der Waals surface area contributed by atoms with E-state index in [0.29, 0.717) is 0 Å². The third kappa shape index (κ3) is 1.58. The number of rotatable bonds is 3. The molecule has 4 heteroatoms. The van der Waals surface area contributed by atoms with Crippen molar-refractivity contribution in [3.8, 4) is 0 Å². The minimum absolute atomic E-state index is 0.0224. The lowest BCUT2D eigenvalue weighted by atomic mass is 10.6. The van der Waals surface area contributed by atoms with Crippen LogP contribution in [-0.2, 0) is 0 Å². The van der Waals surface area contributed by atoms with Crippen LogP contribution in [0.4, 0.5) is 0 Å². The molecule has 1 aromatic heterocycles. The molecular formula is C6H10N4. The quantitative estimate of drug-likeness (QED) is 0.617. The summed E-state index contributed by atoms with van der Waals surface area (Å²) in [5.74, 6) is 0. The summed E-state index contributed by atoms with van der Waals surface area (Å²) in [6, 6.07) is 0. The summed E-state index contributed by atoms with van der Waals surface area (Å²) in [4.78, 5) is 7.60. The number of aromatic nitrogens is 2. The standard InChI is InChI=1S/C6H10N4/c1-6(7-2)9-10-4-3-8-5-10/h3-6,9H,2H2,1H3. The van der Waals surface area contributed by atoms with Crippen molar-refractivity contribution in [2.75, 3.05) is 5.43 Å². The van der Waals surface area contributed by atoms with Gasteiger partial charge in [-0.1, -0.05) is 0 Å². The summed E-state index contributed by atoms with van der Waals surface area (Å²) in [5.41, 5.74) is 3.00. The van der Waals surface area contributed by atoms with Crippen molar-refractivity contribution in [1.82, 2.24) is 9.66 Å². The van der Waals surface area contributed by atoms with Crippen molar-refractivity contribution in [1.29, 1.82) is 0 Å². The van der Waals surface area contributed by atoms with Gasteiger partial charge < -0.3 is 5.43 Å². The van der Waals surface area contributed by atoms with E-state index in [1.54, 1.807) is 17.2 Å². The zero-order valence-corrected chi connectivity index (χ0v) is 5.86. The van der Waals surface area contributed by atoms with Gasteiger partial charge in [-0.3, -0.25) is 9.67 Å². The Morgan fingerprint density at radius 1 is 1.80 bits per heavy atom. The Morgan fingerprint density at radius 3 is 3.10 bits per heavy atom. The first-order chi connectivity index (χ1) is 4.83. The minimum Gasteiger partial charge on any atom is -0.301 e. The molecule has 0 spiro atoms. The maximum Gasteiger partial charge on any atom is 0.129 e. The number of hydrogen-bond acceptors (Lipinski definition) is 3. The van der Waals surface area contributed by atoms with Gasteiger partial charge in [-0.25, -0.2) is 4.98 Å². The Kier molecular flexibility index (Phi) is 2.04. The lowest BCUT2D eigenvalue weighted by Crippen LogP contribution is -2.21. The highest BCUT2D eigenvalue weighted by Crippen LogP contribution is 1.85. The average molecular weight is 138 g/mol. The zero-order valence-electron chi connectivity index (χ0n) is 5.86. The molecule has 0 saturated carbocycles. The second-order valence-corrected chi connectivity index (χ2v) is 1.96. The van der Waals surface area contributed by atoms with Crippen LogP contribution in [0.2, 0.25) is 0 Å². The summed E-state index contributed by atoms with van der Waals surface area (Å²) < 4.78 is 1.74. The van der Waals surface area contributed by atoms with E-state index in [1.165, 1.54) is 0 Å². The van der Waals surface area contributed by atoms with Crippen molar-refractivity contribution < 1.29 is 0 Å². The predicted octanol–water partition coefficient (Wildman–Crippen LogP) is 0.473. The summed E-state index contributed by atoms with van der Waals surface area (Å²) in [6.45, 7) is 5.30. The molecule has 1 aromatic rings. The van der Waals surface area contributed by atoms with Crippen LogP contribution < -0.4 is 5.43 Å². The van der Waals surface area contributed by atoms with Gasteiger partial charge in [-0.15, -0.1) is 0 Å². The van der Waals surface area contributed by atoms with Crippen LogP contribution in [0.1, 0.15) is 6.92 Å². The Hall–Kier alpha value is -1.32. The van der Waals surface area contributed by atoms with Crippen molar-refractivity contribution in [2.45, 2.75) is 13.1 Å². The first kappa shape index (κ1) is 6.80. The van der Waals surface area contributed by atoms with Gasteiger partial charge in [-0.2, -0.15) is 0 Å². The molecule has 0 fully saturated rings. The average Bonchev–Trinajstić information content (AvgIpc) is 2.40. The smallest absolute Gasteiger partial charge is 0.129 e. The van der Waals surface area contributed by atoms with E-state index < -0.39 is 0 Å². The van der Waals surface area contributed by atoms with E-state index in [2.05, 4.69) is 22.1 Å². The van der Waals surface area contributed by atoms with E-state index in [-0.39, 0.29) is 6.17 Å². The van der Waals surface area contributed by atoms with Crippen LogP contribution in [0.25, 0.3) is 0 Å². The van der Waals surface area contributed by atoms with E-state index in [9.17, 15) is 0 Å². The molecule has 0 aromatic carbocycles. The summed E-state index contributed by atoms with van der Waals surface area (Å²) >= 11 is 0. The molecule has 1 N–H and O–H groups in total. The Morgan fingerprint density at radius 2 is 2.60 bits per heavy atom. The van der Waals surface area contributed by atoms with Gasteiger partial charge >= 0.3 is 0 Å². The van der Waals surface area contributed by atoms with E-state index in [0.717, 1.165) is 0 Å². The monoisotopic (exact) mass is 138 g/mol. The SMILES string of the molecule is C=NC(C)Nn1ccnc1. The molecule has 1 rings (SSSR count). The van der Waals surface area contributed by atoms with Crippen LogP contribution in [0.5, 0.6) is 0 Å². The second-order valence-electron chi connectivity index (χ2n) is 1.96.